The maximum atomic E-state index is 5.47. The molecule has 160 valence electrons. The van der Waals surface area contributed by atoms with Crippen LogP contribution in [0, 0.1) is 0 Å². The van der Waals surface area contributed by atoms with E-state index in [2.05, 4.69) is 55.4 Å². The van der Waals surface area contributed by atoms with E-state index in [1.165, 1.54) is 24.8 Å². The quantitative estimate of drug-likeness (QED) is 0.338. The van der Waals surface area contributed by atoms with E-state index in [9.17, 15) is 0 Å². The third kappa shape index (κ3) is 5.08. The van der Waals surface area contributed by atoms with Crippen LogP contribution in [0.2, 0.25) is 0 Å². The van der Waals surface area contributed by atoms with Crippen molar-refractivity contribution in [1.29, 1.82) is 0 Å². The molecule has 1 aliphatic rings. The number of rotatable bonds is 8. The molecule has 6 nitrogen and oxygen atoms in total. The molecule has 0 spiro atoms. The van der Waals surface area contributed by atoms with E-state index in [1.54, 1.807) is 29.4 Å². The molecule has 1 aliphatic heterocycles. The van der Waals surface area contributed by atoms with Crippen molar-refractivity contribution in [2.24, 2.45) is 0 Å². The Bertz CT molecular complexity index is 1080. The summed E-state index contributed by atoms with van der Waals surface area (Å²) < 4.78 is 7.74. The molecule has 0 radical (unpaired) electrons. The molecular weight excluding hydrogens is 426 g/mol. The van der Waals surface area contributed by atoms with Gasteiger partial charge in [0.05, 0.1) is 25.0 Å². The molecule has 0 bridgehead atoms. The van der Waals surface area contributed by atoms with E-state index in [-0.39, 0.29) is 0 Å². The van der Waals surface area contributed by atoms with Gasteiger partial charge in [-0.1, -0.05) is 48.5 Å². The first-order valence-corrected chi connectivity index (χ1v) is 12.5. The zero-order valence-corrected chi connectivity index (χ0v) is 18.9. The van der Waals surface area contributed by atoms with Crippen LogP contribution in [-0.4, -0.2) is 37.7 Å². The zero-order valence-electron chi connectivity index (χ0n) is 17.3. The fourth-order valence-electron chi connectivity index (χ4n) is 3.81. The second kappa shape index (κ2) is 9.80. The average Bonchev–Trinajstić information content (AvgIpc) is 3.56. The van der Waals surface area contributed by atoms with Crippen LogP contribution in [0.15, 0.2) is 63.7 Å². The lowest BCUT2D eigenvalue weighted by Gasteiger charge is -2.26. The van der Waals surface area contributed by atoms with Gasteiger partial charge in [-0.3, -0.25) is 4.90 Å². The molecule has 0 saturated carbocycles. The standard InChI is InChI=1S/C23H25N5OS2/c1-3-8-18(9-4-1)14-28-21(15-27-11-5-2-6-12-27)25-26-23(28)31-17-19-16-30-22(24-19)20-10-7-13-29-20/h1,3-4,7-10,13,16H,2,5-6,11-12,14-15,17H2. The Hall–Kier alpha value is -2.42. The molecule has 3 aromatic heterocycles. The summed E-state index contributed by atoms with van der Waals surface area (Å²) in [5.41, 5.74) is 2.30. The molecular formula is C23H25N5OS2. The molecule has 1 saturated heterocycles. The Morgan fingerprint density at radius 1 is 0.968 bits per heavy atom. The number of thioether (sulfide) groups is 1. The Balaban J connectivity index is 1.33. The zero-order chi connectivity index (χ0) is 20.9. The molecule has 5 rings (SSSR count). The molecule has 0 aliphatic carbocycles. The SMILES string of the molecule is c1ccc(Cn2c(CN3CCCCC3)nnc2SCc2csc(-c3ccco3)n2)cc1. The average molecular weight is 452 g/mol. The molecule has 31 heavy (non-hydrogen) atoms. The van der Waals surface area contributed by atoms with E-state index in [4.69, 9.17) is 9.40 Å². The van der Waals surface area contributed by atoms with Crippen molar-refractivity contribution in [2.75, 3.05) is 13.1 Å². The van der Waals surface area contributed by atoms with E-state index < -0.39 is 0 Å². The second-order valence-corrected chi connectivity index (χ2v) is 9.52. The number of nitrogens with zero attached hydrogens (tertiary/aromatic N) is 5. The first-order valence-electron chi connectivity index (χ1n) is 10.6. The van der Waals surface area contributed by atoms with Crippen LogP contribution in [0.1, 0.15) is 36.3 Å². The van der Waals surface area contributed by atoms with Crippen molar-refractivity contribution in [2.45, 2.75) is 43.3 Å². The van der Waals surface area contributed by atoms with Crippen LogP contribution in [0.5, 0.6) is 0 Å². The van der Waals surface area contributed by atoms with E-state index in [1.807, 2.05) is 12.1 Å². The highest BCUT2D eigenvalue weighted by atomic mass is 32.2. The van der Waals surface area contributed by atoms with Crippen molar-refractivity contribution in [1.82, 2.24) is 24.6 Å². The molecule has 4 heterocycles. The minimum atomic E-state index is 0.758. The molecule has 1 fully saturated rings. The lowest BCUT2D eigenvalue weighted by molar-refractivity contribution is 0.213. The maximum absolute atomic E-state index is 5.47. The number of thiazole rings is 1. The second-order valence-electron chi connectivity index (χ2n) is 7.72. The lowest BCUT2D eigenvalue weighted by Crippen LogP contribution is -2.30. The van der Waals surface area contributed by atoms with Crippen molar-refractivity contribution < 1.29 is 4.42 Å². The monoisotopic (exact) mass is 451 g/mol. The van der Waals surface area contributed by atoms with Gasteiger partial charge in [-0.05, 0) is 43.6 Å². The summed E-state index contributed by atoms with van der Waals surface area (Å²) in [4.78, 5) is 7.22. The van der Waals surface area contributed by atoms with Gasteiger partial charge in [0.2, 0.25) is 0 Å². The van der Waals surface area contributed by atoms with Crippen LogP contribution in [0.3, 0.4) is 0 Å². The fraction of sp³-hybridized carbons (Fsp3) is 0.348. The molecule has 0 unspecified atom stereocenters. The predicted octanol–water partition coefficient (Wildman–Crippen LogP) is 5.32. The number of benzene rings is 1. The van der Waals surface area contributed by atoms with Gasteiger partial charge < -0.3 is 8.98 Å². The van der Waals surface area contributed by atoms with E-state index in [0.29, 0.717) is 0 Å². The number of piperidine rings is 1. The van der Waals surface area contributed by atoms with Crippen molar-refractivity contribution >= 4 is 23.1 Å². The number of aromatic nitrogens is 4. The van der Waals surface area contributed by atoms with Crippen molar-refractivity contribution in [3.63, 3.8) is 0 Å². The van der Waals surface area contributed by atoms with Crippen molar-refractivity contribution in [3.05, 3.63) is 71.2 Å². The molecule has 0 N–H and O–H groups in total. The number of hydrogen-bond acceptors (Lipinski definition) is 7. The summed E-state index contributed by atoms with van der Waals surface area (Å²) in [6.45, 7) is 3.94. The number of likely N-dealkylation sites (tertiary alicyclic amines) is 1. The number of furan rings is 1. The van der Waals surface area contributed by atoms with Gasteiger partial charge >= 0.3 is 0 Å². The van der Waals surface area contributed by atoms with Gasteiger partial charge in [-0.25, -0.2) is 4.98 Å². The summed E-state index contributed by atoms with van der Waals surface area (Å²) in [6, 6.07) is 14.4. The van der Waals surface area contributed by atoms with Gasteiger partial charge in [-0.2, -0.15) is 0 Å². The summed E-state index contributed by atoms with van der Waals surface area (Å²) in [6.07, 6.45) is 5.57. The fourth-order valence-corrected chi connectivity index (χ4v) is 5.55. The molecule has 8 heteroatoms. The number of hydrogen-bond donors (Lipinski definition) is 0. The van der Waals surface area contributed by atoms with Gasteiger partial charge in [0.15, 0.2) is 15.9 Å². The maximum Gasteiger partial charge on any atom is 0.191 e. The van der Waals surface area contributed by atoms with E-state index >= 15 is 0 Å². The summed E-state index contributed by atoms with van der Waals surface area (Å²) in [7, 11) is 0. The third-order valence-corrected chi connectivity index (χ3v) is 7.33. The normalized spacial score (nSPS) is 14.8. The topological polar surface area (TPSA) is 60.0 Å². The smallest absolute Gasteiger partial charge is 0.191 e. The molecule has 4 aromatic rings. The summed E-state index contributed by atoms with van der Waals surface area (Å²) >= 11 is 3.31. The molecule has 0 atom stereocenters. The van der Waals surface area contributed by atoms with Crippen LogP contribution in [-0.2, 0) is 18.8 Å². The Kier molecular flexibility index (Phi) is 6.48. The third-order valence-electron chi connectivity index (χ3n) is 5.42. The molecule has 0 amide bonds. The molecule has 1 aromatic carbocycles. The van der Waals surface area contributed by atoms with Crippen LogP contribution < -0.4 is 0 Å². The minimum absolute atomic E-state index is 0.758. The minimum Gasteiger partial charge on any atom is -0.462 e. The van der Waals surface area contributed by atoms with E-state index in [0.717, 1.165) is 59.4 Å². The van der Waals surface area contributed by atoms with Gasteiger partial charge in [0, 0.05) is 11.1 Å². The highest BCUT2D eigenvalue weighted by Gasteiger charge is 2.18. The highest BCUT2D eigenvalue weighted by molar-refractivity contribution is 7.98. The van der Waals surface area contributed by atoms with Gasteiger partial charge in [0.25, 0.3) is 0 Å². The van der Waals surface area contributed by atoms with Crippen LogP contribution in [0.4, 0.5) is 0 Å². The highest BCUT2D eigenvalue weighted by Crippen LogP contribution is 2.28. The Morgan fingerprint density at radius 3 is 2.65 bits per heavy atom. The van der Waals surface area contributed by atoms with Crippen molar-refractivity contribution in [3.8, 4) is 10.8 Å². The Morgan fingerprint density at radius 2 is 1.84 bits per heavy atom. The largest absolute Gasteiger partial charge is 0.462 e. The first kappa shape index (κ1) is 20.5. The van der Waals surface area contributed by atoms with Crippen LogP contribution >= 0.6 is 23.1 Å². The Labute approximate surface area is 190 Å². The van der Waals surface area contributed by atoms with Gasteiger partial charge in [0.1, 0.15) is 5.82 Å². The lowest BCUT2D eigenvalue weighted by atomic mass is 10.1. The van der Waals surface area contributed by atoms with Crippen LogP contribution in [0.25, 0.3) is 10.8 Å². The first-order chi connectivity index (χ1) is 15.3. The summed E-state index contributed by atoms with van der Waals surface area (Å²) in [5, 5.41) is 13.1. The summed E-state index contributed by atoms with van der Waals surface area (Å²) in [5.74, 6) is 2.62. The van der Waals surface area contributed by atoms with Gasteiger partial charge in [-0.15, -0.1) is 21.5 Å². The predicted molar refractivity (Wildman–Crippen MR) is 124 cm³/mol.